The fraction of sp³-hybridized carbons (Fsp3) is 0.462. The molecule has 0 aliphatic rings. The Labute approximate surface area is 100 Å². The maximum Gasteiger partial charge on any atom is 0.417 e. The molecule has 0 amide bonds. The number of unbranched alkanes of at least 4 members (excludes halogenated alkanes) is 1. The van der Waals surface area contributed by atoms with E-state index >= 15 is 0 Å². The fourth-order valence-electron chi connectivity index (χ4n) is 2.06. The van der Waals surface area contributed by atoms with Gasteiger partial charge in [-0.05, 0) is 31.2 Å². The molecule has 4 nitrogen and oxygen atoms in total. The number of aromatic nitrogens is 1. The van der Waals surface area contributed by atoms with Crippen molar-refractivity contribution in [2.24, 2.45) is 0 Å². The number of aromatic amines is 1. The summed E-state index contributed by atoms with van der Waals surface area (Å²) in [6.07, 6.45) is 3.45. The van der Waals surface area contributed by atoms with Crippen LogP contribution in [0.1, 0.15) is 37.8 Å². The van der Waals surface area contributed by atoms with E-state index in [1.54, 1.807) is 0 Å². The van der Waals surface area contributed by atoms with Crippen LogP contribution in [0.4, 0.5) is 0 Å². The van der Waals surface area contributed by atoms with Crippen LogP contribution in [0.25, 0.3) is 11.1 Å². The van der Waals surface area contributed by atoms with Crippen LogP contribution in [-0.4, -0.2) is 12.0 Å². The number of oxazole rings is 1. The Kier molecular flexibility index (Phi) is 3.64. The Bertz CT molecular complexity index is 542. The molecule has 92 valence electrons. The van der Waals surface area contributed by atoms with Crippen LogP contribution >= 0.6 is 0 Å². The molecular weight excluding hydrogens is 216 g/mol. The smallest absolute Gasteiger partial charge is 0.408 e. The van der Waals surface area contributed by atoms with Gasteiger partial charge in [-0.3, -0.25) is 4.98 Å². The molecule has 0 bridgehead atoms. The second-order valence-corrected chi connectivity index (χ2v) is 4.25. The normalized spacial score (nSPS) is 13.1. The summed E-state index contributed by atoms with van der Waals surface area (Å²) in [5.41, 5.74) is 2.55. The van der Waals surface area contributed by atoms with E-state index in [0.29, 0.717) is 11.6 Å². The van der Waals surface area contributed by atoms with Crippen molar-refractivity contribution in [3.8, 4) is 0 Å². The third-order valence-corrected chi connectivity index (χ3v) is 3.04. The minimum absolute atomic E-state index is 0.319. The monoisotopic (exact) mass is 234 g/mol. The van der Waals surface area contributed by atoms with Gasteiger partial charge in [0.25, 0.3) is 0 Å². The molecule has 1 unspecified atom stereocenters. The highest BCUT2D eigenvalue weighted by Gasteiger charge is 2.10. The second-order valence-electron chi connectivity index (χ2n) is 4.25. The zero-order chi connectivity index (χ0) is 12.3. The molecule has 17 heavy (non-hydrogen) atoms. The molecule has 0 aliphatic carbocycles. The SMILES string of the molecule is CCCCC(NC)c1ccc2[nH]c(=O)oc2c1. The van der Waals surface area contributed by atoms with Crippen molar-refractivity contribution < 1.29 is 4.42 Å². The van der Waals surface area contributed by atoms with Crippen LogP contribution in [0.2, 0.25) is 0 Å². The van der Waals surface area contributed by atoms with E-state index in [0.717, 1.165) is 17.5 Å². The van der Waals surface area contributed by atoms with E-state index in [1.807, 2.05) is 25.2 Å². The van der Waals surface area contributed by atoms with E-state index in [9.17, 15) is 4.79 Å². The molecule has 1 aromatic carbocycles. The summed E-state index contributed by atoms with van der Waals surface area (Å²) in [4.78, 5) is 13.7. The molecule has 2 rings (SSSR count). The topological polar surface area (TPSA) is 58.0 Å². The van der Waals surface area contributed by atoms with Crippen molar-refractivity contribution in [1.82, 2.24) is 10.3 Å². The lowest BCUT2D eigenvalue weighted by atomic mass is 10.0. The Morgan fingerprint density at radius 3 is 3.00 bits per heavy atom. The van der Waals surface area contributed by atoms with Crippen molar-refractivity contribution in [2.45, 2.75) is 32.2 Å². The van der Waals surface area contributed by atoms with Crippen LogP contribution in [0.3, 0.4) is 0 Å². The van der Waals surface area contributed by atoms with Gasteiger partial charge in [0.1, 0.15) is 0 Å². The van der Waals surface area contributed by atoms with Gasteiger partial charge in [0.15, 0.2) is 5.58 Å². The lowest BCUT2D eigenvalue weighted by Gasteiger charge is -2.15. The van der Waals surface area contributed by atoms with Crippen molar-refractivity contribution >= 4 is 11.1 Å². The van der Waals surface area contributed by atoms with Crippen molar-refractivity contribution in [3.63, 3.8) is 0 Å². The summed E-state index contributed by atoms with van der Waals surface area (Å²) in [6, 6.07) is 6.18. The summed E-state index contributed by atoms with van der Waals surface area (Å²) in [6.45, 7) is 2.18. The van der Waals surface area contributed by atoms with Crippen LogP contribution in [0.15, 0.2) is 27.4 Å². The van der Waals surface area contributed by atoms with Crippen molar-refractivity contribution in [2.75, 3.05) is 7.05 Å². The summed E-state index contributed by atoms with van der Waals surface area (Å²) in [5.74, 6) is -0.397. The highest BCUT2D eigenvalue weighted by molar-refractivity contribution is 5.72. The second kappa shape index (κ2) is 5.19. The highest BCUT2D eigenvalue weighted by atomic mass is 16.4. The maximum atomic E-state index is 11.1. The highest BCUT2D eigenvalue weighted by Crippen LogP contribution is 2.22. The molecule has 2 N–H and O–H groups in total. The molecule has 4 heteroatoms. The lowest BCUT2D eigenvalue weighted by Crippen LogP contribution is -2.16. The average molecular weight is 234 g/mol. The quantitative estimate of drug-likeness (QED) is 0.836. The molecule has 0 spiro atoms. The first kappa shape index (κ1) is 11.9. The maximum absolute atomic E-state index is 11.1. The zero-order valence-corrected chi connectivity index (χ0v) is 10.2. The Morgan fingerprint density at radius 1 is 1.47 bits per heavy atom. The van der Waals surface area contributed by atoms with Crippen LogP contribution in [0, 0.1) is 0 Å². The van der Waals surface area contributed by atoms with Gasteiger partial charge in [-0.25, -0.2) is 4.79 Å². The molecule has 0 aliphatic heterocycles. The molecule has 0 saturated heterocycles. The van der Waals surface area contributed by atoms with Gasteiger partial charge >= 0.3 is 5.76 Å². The van der Waals surface area contributed by atoms with E-state index < -0.39 is 5.76 Å². The largest absolute Gasteiger partial charge is 0.417 e. The summed E-state index contributed by atoms with van der Waals surface area (Å²) in [5, 5.41) is 3.29. The molecule has 2 aromatic rings. The first-order valence-corrected chi connectivity index (χ1v) is 6.04. The van der Waals surface area contributed by atoms with Gasteiger partial charge in [0.05, 0.1) is 5.52 Å². The first-order chi connectivity index (χ1) is 8.24. The predicted octanol–water partition coefficient (Wildman–Crippen LogP) is 2.57. The number of hydrogen-bond acceptors (Lipinski definition) is 3. The van der Waals surface area contributed by atoms with Gasteiger partial charge in [-0.15, -0.1) is 0 Å². The molecular formula is C13H18N2O2. The van der Waals surface area contributed by atoms with Gasteiger partial charge in [-0.2, -0.15) is 0 Å². The summed E-state index contributed by atoms with van der Waals surface area (Å²) >= 11 is 0. The van der Waals surface area contributed by atoms with Crippen molar-refractivity contribution in [3.05, 3.63) is 34.3 Å². The number of fused-ring (bicyclic) bond motifs is 1. The van der Waals surface area contributed by atoms with E-state index in [4.69, 9.17) is 4.42 Å². The number of hydrogen-bond donors (Lipinski definition) is 2. The van der Waals surface area contributed by atoms with Crippen molar-refractivity contribution in [1.29, 1.82) is 0 Å². The molecule has 0 radical (unpaired) electrons. The lowest BCUT2D eigenvalue weighted by molar-refractivity contribution is 0.520. The van der Waals surface area contributed by atoms with Gasteiger partial charge < -0.3 is 9.73 Å². The fourth-order valence-corrected chi connectivity index (χ4v) is 2.06. The van der Waals surface area contributed by atoms with Gasteiger partial charge in [0, 0.05) is 6.04 Å². The zero-order valence-electron chi connectivity index (χ0n) is 10.2. The summed E-state index contributed by atoms with van der Waals surface area (Å²) in [7, 11) is 1.96. The van der Waals surface area contributed by atoms with Gasteiger partial charge in [0.2, 0.25) is 0 Å². The summed E-state index contributed by atoms with van der Waals surface area (Å²) < 4.78 is 5.07. The van der Waals surface area contributed by atoms with Crippen LogP contribution in [-0.2, 0) is 0 Å². The Morgan fingerprint density at radius 2 is 2.29 bits per heavy atom. The minimum Gasteiger partial charge on any atom is -0.408 e. The standard InChI is InChI=1S/C13H18N2O2/c1-3-4-5-10(14-2)9-6-7-11-12(8-9)17-13(16)15-11/h6-8,10,14H,3-5H2,1-2H3,(H,15,16). The molecule has 1 aromatic heterocycles. The average Bonchev–Trinajstić information content (AvgIpc) is 2.69. The van der Waals surface area contributed by atoms with E-state index in [2.05, 4.69) is 17.2 Å². The third-order valence-electron chi connectivity index (χ3n) is 3.04. The number of H-pyrrole nitrogens is 1. The number of nitrogens with one attached hydrogen (secondary N) is 2. The first-order valence-electron chi connectivity index (χ1n) is 6.04. The van der Waals surface area contributed by atoms with E-state index in [1.165, 1.54) is 12.8 Å². The van der Waals surface area contributed by atoms with Crippen LogP contribution < -0.4 is 11.1 Å². The molecule has 0 saturated carbocycles. The van der Waals surface area contributed by atoms with E-state index in [-0.39, 0.29) is 0 Å². The minimum atomic E-state index is -0.397. The third kappa shape index (κ3) is 2.58. The molecule has 1 atom stereocenters. The van der Waals surface area contributed by atoms with Crippen LogP contribution in [0.5, 0.6) is 0 Å². The molecule has 0 fully saturated rings. The number of benzene rings is 1. The molecule has 1 heterocycles. The Hall–Kier alpha value is -1.55. The number of rotatable bonds is 5. The Balaban J connectivity index is 2.30. The van der Waals surface area contributed by atoms with Gasteiger partial charge in [-0.1, -0.05) is 25.8 Å². The predicted molar refractivity (Wildman–Crippen MR) is 68.2 cm³/mol.